The first-order chi connectivity index (χ1) is 13.4. The molecule has 1 aromatic heterocycles. The van der Waals surface area contributed by atoms with Gasteiger partial charge in [0.2, 0.25) is 0 Å². The second kappa shape index (κ2) is 7.10. The highest BCUT2D eigenvalue weighted by Crippen LogP contribution is 2.33. The minimum atomic E-state index is -4.73. The Kier molecular flexibility index (Phi) is 4.62. The lowest BCUT2D eigenvalue weighted by atomic mass is 10.1. The maximum atomic E-state index is 12.4. The molecule has 144 valence electrons. The zero-order valence-electron chi connectivity index (χ0n) is 14.7. The molecule has 1 aliphatic rings. The molecule has 0 amide bonds. The third kappa shape index (κ3) is 4.21. The first-order valence-electron chi connectivity index (χ1n) is 8.79. The number of benzene rings is 2. The largest absolute Gasteiger partial charge is 0.573 e. The minimum Gasteiger partial charge on any atom is -0.406 e. The SMILES string of the molecule is O=Cc1ccc(-c2nc(CC3CC3)n(-c3ccc(OC(F)(F)F)cc3)n2)cc1. The summed E-state index contributed by atoms with van der Waals surface area (Å²) in [4.78, 5) is 15.5. The van der Waals surface area contributed by atoms with Gasteiger partial charge < -0.3 is 4.74 Å². The van der Waals surface area contributed by atoms with Crippen LogP contribution in [-0.4, -0.2) is 27.4 Å². The molecule has 0 saturated heterocycles. The van der Waals surface area contributed by atoms with Crippen LogP contribution in [0.2, 0.25) is 0 Å². The predicted molar refractivity (Wildman–Crippen MR) is 95.3 cm³/mol. The number of ether oxygens (including phenoxy) is 1. The Hall–Kier alpha value is -3.16. The Morgan fingerprint density at radius 3 is 2.32 bits per heavy atom. The molecule has 0 atom stereocenters. The number of halogens is 3. The highest BCUT2D eigenvalue weighted by Gasteiger charge is 2.31. The van der Waals surface area contributed by atoms with Crippen molar-refractivity contribution in [1.29, 1.82) is 0 Å². The van der Waals surface area contributed by atoms with Gasteiger partial charge in [-0.3, -0.25) is 4.79 Å². The lowest BCUT2D eigenvalue weighted by molar-refractivity contribution is -0.274. The van der Waals surface area contributed by atoms with Gasteiger partial charge in [-0.05, 0) is 43.0 Å². The first kappa shape index (κ1) is 18.2. The summed E-state index contributed by atoms with van der Waals surface area (Å²) >= 11 is 0. The zero-order valence-corrected chi connectivity index (χ0v) is 14.7. The van der Waals surface area contributed by atoms with Crippen molar-refractivity contribution in [3.8, 4) is 22.8 Å². The van der Waals surface area contributed by atoms with Crippen LogP contribution in [0.25, 0.3) is 17.1 Å². The normalized spacial score (nSPS) is 14.1. The highest BCUT2D eigenvalue weighted by atomic mass is 19.4. The monoisotopic (exact) mass is 387 g/mol. The third-order valence-corrected chi connectivity index (χ3v) is 4.46. The summed E-state index contributed by atoms with van der Waals surface area (Å²) in [5.74, 6) is 1.52. The van der Waals surface area contributed by atoms with Gasteiger partial charge in [-0.2, -0.15) is 0 Å². The summed E-state index contributed by atoms with van der Waals surface area (Å²) in [5, 5.41) is 4.55. The van der Waals surface area contributed by atoms with Gasteiger partial charge in [-0.1, -0.05) is 24.3 Å². The Bertz CT molecular complexity index is 975. The third-order valence-electron chi connectivity index (χ3n) is 4.46. The Balaban J connectivity index is 1.66. The second-order valence-electron chi connectivity index (χ2n) is 6.69. The molecule has 0 N–H and O–H groups in total. The van der Waals surface area contributed by atoms with E-state index in [-0.39, 0.29) is 5.75 Å². The average molecular weight is 387 g/mol. The van der Waals surface area contributed by atoms with Crippen LogP contribution < -0.4 is 4.74 Å². The van der Waals surface area contributed by atoms with E-state index in [1.807, 2.05) is 0 Å². The van der Waals surface area contributed by atoms with E-state index in [2.05, 4.69) is 14.8 Å². The summed E-state index contributed by atoms with van der Waals surface area (Å²) in [5.41, 5.74) is 1.92. The summed E-state index contributed by atoms with van der Waals surface area (Å²) in [7, 11) is 0. The lowest BCUT2D eigenvalue weighted by Gasteiger charge is -2.10. The first-order valence-corrected chi connectivity index (χ1v) is 8.79. The van der Waals surface area contributed by atoms with E-state index >= 15 is 0 Å². The molecule has 1 saturated carbocycles. The molecule has 1 aliphatic carbocycles. The zero-order chi connectivity index (χ0) is 19.7. The molecule has 0 unspecified atom stereocenters. The highest BCUT2D eigenvalue weighted by molar-refractivity contribution is 5.76. The number of hydrogen-bond donors (Lipinski definition) is 0. The minimum absolute atomic E-state index is 0.287. The molecular weight excluding hydrogens is 371 g/mol. The van der Waals surface area contributed by atoms with E-state index in [0.717, 1.165) is 36.9 Å². The molecule has 0 bridgehead atoms. The Labute approximate surface area is 158 Å². The molecule has 2 aromatic carbocycles. The van der Waals surface area contributed by atoms with Gasteiger partial charge in [0, 0.05) is 17.5 Å². The van der Waals surface area contributed by atoms with Crippen LogP contribution in [0.15, 0.2) is 48.5 Å². The summed E-state index contributed by atoms with van der Waals surface area (Å²) in [6, 6.07) is 12.5. The van der Waals surface area contributed by atoms with Crippen LogP contribution in [0.1, 0.15) is 29.0 Å². The second-order valence-corrected chi connectivity index (χ2v) is 6.69. The standard InChI is InChI=1S/C20H16F3N3O2/c21-20(22,23)28-17-9-7-16(8-10-17)26-18(11-13-1-2-13)24-19(25-26)15-5-3-14(12-27)4-6-15/h3-10,12-13H,1-2,11H2. The quantitative estimate of drug-likeness (QED) is 0.580. The van der Waals surface area contributed by atoms with Crippen molar-refractivity contribution >= 4 is 6.29 Å². The molecule has 28 heavy (non-hydrogen) atoms. The van der Waals surface area contributed by atoms with Crippen molar-refractivity contribution in [3.63, 3.8) is 0 Å². The molecule has 4 rings (SSSR count). The molecule has 1 fully saturated rings. The number of hydrogen-bond acceptors (Lipinski definition) is 4. The predicted octanol–water partition coefficient (Wildman–Crippen LogP) is 4.60. The van der Waals surface area contributed by atoms with Crippen molar-refractivity contribution in [2.45, 2.75) is 25.6 Å². The molecular formula is C20H16F3N3O2. The van der Waals surface area contributed by atoms with E-state index in [0.29, 0.717) is 23.0 Å². The van der Waals surface area contributed by atoms with Crippen molar-refractivity contribution in [1.82, 2.24) is 14.8 Å². The molecule has 3 aromatic rings. The number of aldehydes is 1. The number of aromatic nitrogens is 3. The maximum absolute atomic E-state index is 12.4. The molecule has 0 radical (unpaired) electrons. The van der Waals surface area contributed by atoms with Gasteiger partial charge in [0.25, 0.3) is 0 Å². The lowest BCUT2D eigenvalue weighted by Crippen LogP contribution is -2.17. The Morgan fingerprint density at radius 1 is 1.07 bits per heavy atom. The van der Waals surface area contributed by atoms with Crippen LogP contribution in [0.3, 0.4) is 0 Å². The maximum Gasteiger partial charge on any atom is 0.573 e. The fourth-order valence-corrected chi connectivity index (χ4v) is 2.89. The van der Waals surface area contributed by atoms with Crippen LogP contribution in [0, 0.1) is 5.92 Å². The van der Waals surface area contributed by atoms with Crippen LogP contribution >= 0.6 is 0 Å². The summed E-state index contributed by atoms with van der Waals surface area (Å²) in [6.45, 7) is 0. The molecule has 5 nitrogen and oxygen atoms in total. The van der Waals surface area contributed by atoms with Gasteiger partial charge in [-0.25, -0.2) is 9.67 Å². The number of carbonyl (C=O) groups excluding carboxylic acids is 1. The number of rotatable bonds is 6. The van der Waals surface area contributed by atoms with E-state index in [1.54, 1.807) is 28.9 Å². The fraction of sp³-hybridized carbons (Fsp3) is 0.250. The van der Waals surface area contributed by atoms with Crippen molar-refractivity contribution < 1.29 is 22.7 Å². The van der Waals surface area contributed by atoms with Crippen LogP contribution in [-0.2, 0) is 6.42 Å². The van der Waals surface area contributed by atoms with Gasteiger partial charge in [0.05, 0.1) is 5.69 Å². The van der Waals surface area contributed by atoms with E-state index in [1.165, 1.54) is 24.3 Å². The van der Waals surface area contributed by atoms with Crippen LogP contribution in [0.5, 0.6) is 5.75 Å². The van der Waals surface area contributed by atoms with Crippen LogP contribution in [0.4, 0.5) is 13.2 Å². The molecule has 8 heteroatoms. The van der Waals surface area contributed by atoms with Crippen molar-refractivity contribution in [3.05, 3.63) is 59.9 Å². The fourth-order valence-electron chi connectivity index (χ4n) is 2.89. The summed E-state index contributed by atoms with van der Waals surface area (Å²) in [6.07, 6.45) is -0.949. The molecule has 0 aliphatic heterocycles. The van der Waals surface area contributed by atoms with Gasteiger partial charge >= 0.3 is 6.36 Å². The average Bonchev–Trinajstić information content (AvgIpc) is 3.38. The molecule has 1 heterocycles. The summed E-state index contributed by atoms with van der Waals surface area (Å²) < 4.78 is 42.6. The van der Waals surface area contributed by atoms with Crippen molar-refractivity contribution in [2.75, 3.05) is 0 Å². The molecule has 0 spiro atoms. The number of alkyl halides is 3. The topological polar surface area (TPSA) is 57.0 Å². The van der Waals surface area contributed by atoms with E-state index in [4.69, 9.17) is 0 Å². The van der Waals surface area contributed by atoms with Gasteiger partial charge in [0.1, 0.15) is 17.9 Å². The van der Waals surface area contributed by atoms with Crippen molar-refractivity contribution in [2.24, 2.45) is 5.92 Å². The van der Waals surface area contributed by atoms with Gasteiger partial charge in [-0.15, -0.1) is 18.3 Å². The number of carbonyl (C=O) groups is 1. The van der Waals surface area contributed by atoms with E-state index < -0.39 is 6.36 Å². The number of nitrogens with zero attached hydrogens (tertiary/aromatic N) is 3. The Morgan fingerprint density at radius 2 is 1.75 bits per heavy atom. The van der Waals surface area contributed by atoms with Gasteiger partial charge in [0.15, 0.2) is 5.82 Å². The van der Waals surface area contributed by atoms with E-state index in [9.17, 15) is 18.0 Å². The smallest absolute Gasteiger partial charge is 0.406 e.